The predicted octanol–water partition coefficient (Wildman–Crippen LogP) is 3.74. The molecule has 3 heteroatoms. The second-order valence-corrected chi connectivity index (χ2v) is 4.08. The minimum absolute atomic E-state index is 0.378. The van der Waals surface area contributed by atoms with Crippen LogP contribution in [0.5, 0.6) is 5.75 Å². The standard InChI is InChI=1S/C13H17NO2/c1-4-5-9(2)13-14-11-7-6-10(15-3)8-12(11)16-13/h6-9H,4-5H2,1-3H3. The maximum absolute atomic E-state index is 5.73. The number of benzene rings is 1. The molecule has 3 nitrogen and oxygen atoms in total. The molecule has 1 unspecified atom stereocenters. The van der Waals surface area contributed by atoms with Crippen LogP contribution < -0.4 is 4.74 Å². The first-order chi connectivity index (χ1) is 7.74. The third kappa shape index (κ3) is 2.03. The van der Waals surface area contributed by atoms with Crippen LogP contribution >= 0.6 is 0 Å². The van der Waals surface area contributed by atoms with Crippen LogP contribution in [0.4, 0.5) is 0 Å². The molecule has 0 radical (unpaired) electrons. The molecule has 0 aliphatic rings. The van der Waals surface area contributed by atoms with Crippen molar-refractivity contribution >= 4 is 11.1 Å². The van der Waals surface area contributed by atoms with Gasteiger partial charge in [0.2, 0.25) is 0 Å². The zero-order valence-corrected chi connectivity index (χ0v) is 9.99. The SMILES string of the molecule is CCCC(C)c1nc2ccc(OC)cc2o1. The number of aromatic nitrogens is 1. The van der Waals surface area contributed by atoms with Crippen molar-refractivity contribution in [2.75, 3.05) is 7.11 Å². The Balaban J connectivity index is 2.35. The molecule has 1 atom stereocenters. The number of nitrogens with zero attached hydrogens (tertiary/aromatic N) is 1. The number of oxazole rings is 1. The topological polar surface area (TPSA) is 35.3 Å². The lowest BCUT2D eigenvalue weighted by molar-refractivity contribution is 0.413. The van der Waals surface area contributed by atoms with Crippen molar-refractivity contribution in [1.82, 2.24) is 4.98 Å². The molecule has 16 heavy (non-hydrogen) atoms. The normalized spacial score (nSPS) is 12.9. The minimum atomic E-state index is 0.378. The van der Waals surface area contributed by atoms with Crippen LogP contribution in [0.25, 0.3) is 11.1 Å². The quantitative estimate of drug-likeness (QED) is 0.785. The Bertz CT molecular complexity index is 476. The van der Waals surface area contributed by atoms with Crippen molar-refractivity contribution in [2.24, 2.45) is 0 Å². The molecule has 1 heterocycles. The van der Waals surface area contributed by atoms with Gasteiger partial charge in [0.15, 0.2) is 11.5 Å². The number of rotatable bonds is 4. The summed E-state index contributed by atoms with van der Waals surface area (Å²) in [5, 5.41) is 0. The van der Waals surface area contributed by atoms with E-state index in [0.29, 0.717) is 5.92 Å². The smallest absolute Gasteiger partial charge is 0.198 e. The molecule has 1 aromatic heterocycles. The molecule has 0 aliphatic carbocycles. The number of ether oxygens (including phenoxy) is 1. The van der Waals surface area contributed by atoms with Crippen LogP contribution in [0.1, 0.15) is 38.5 Å². The van der Waals surface area contributed by atoms with Gasteiger partial charge in [0.25, 0.3) is 0 Å². The molecule has 0 spiro atoms. The van der Waals surface area contributed by atoms with Crippen LogP contribution in [0.3, 0.4) is 0 Å². The molecule has 0 amide bonds. The summed E-state index contributed by atoms with van der Waals surface area (Å²) in [6.07, 6.45) is 2.24. The van der Waals surface area contributed by atoms with Gasteiger partial charge < -0.3 is 9.15 Å². The molecular weight excluding hydrogens is 202 g/mol. The Morgan fingerprint density at radius 3 is 2.94 bits per heavy atom. The molecule has 0 aliphatic heterocycles. The summed E-state index contributed by atoms with van der Waals surface area (Å²) in [6.45, 7) is 4.31. The third-order valence-electron chi connectivity index (χ3n) is 2.76. The molecule has 0 saturated carbocycles. The van der Waals surface area contributed by atoms with E-state index >= 15 is 0 Å². The van der Waals surface area contributed by atoms with Crippen LogP contribution in [0.2, 0.25) is 0 Å². The van der Waals surface area contributed by atoms with Crippen molar-refractivity contribution in [3.8, 4) is 5.75 Å². The van der Waals surface area contributed by atoms with Gasteiger partial charge in [0.05, 0.1) is 7.11 Å². The molecule has 2 rings (SSSR count). The van der Waals surface area contributed by atoms with Crippen LogP contribution in [0, 0.1) is 0 Å². The van der Waals surface area contributed by atoms with Gasteiger partial charge in [0, 0.05) is 12.0 Å². The Labute approximate surface area is 95.4 Å². The largest absolute Gasteiger partial charge is 0.497 e. The highest BCUT2D eigenvalue weighted by molar-refractivity contribution is 5.74. The van der Waals surface area contributed by atoms with Gasteiger partial charge in [0.1, 0.15) is 11.3 Å². The summed E-state index contributed by atoms with van der Waals surface area (Å²) >= 11 is 0. The van der Waals surface area contributed by atoms with Gasteiger partial charge in [-0.2, -0.15) is 0 Å². The van der Waals surface area contributed by atoms with Gasteiger partial charge in [-0.3, -0.25) is 0 Å². The highest BCUT2D eigenvalue weighted by atomic mass is 16.5. The van der Waals surface area contributed by atoms with Crippen LogP contribution in [-0.2, 0) is 0 Å². The Hall–Kier alpha value is -1.51. The number of hydrogen-bond acceptors (Lipinski definition) is 3. The van der Waals surface area contributed by atoms with Crippen molar-refractivity contribution in [3.63, 3.8) is 0 Å². The van der Waals surface area contributed by atoms with E-state index < -0.39 is 0 Å². The highest BCUT2D eigenvalue weighted by Crippen LogP contribution is 2.26. The highest BCUT2D eigenvalue weighted by Gasteiger charge is 2.12. The molecule has 0 N–H and O–H groups in total. The minimum Gasteiger partial charge on any atom is -0.497 e. The molecule has 2 aromatic rings. The second kappa shape index (κ2) is 4.56. The summed E-state index contributed by atoms with van der Waals surface area (Å²) in [4.78, 5) is 4.48. The maximum Gasteiger partial charge on any atom is 0.198 e. The fourth-order valence-electron chi connectivity index (χ4n) is 1.82. The average Bonchev–Trinajstić information content (AvgIpc) is 2.71. The van der Waals surface area contributed by atoms with E-state index in [2.05, 4.69) is 18.8 Å². The summed E-state index contributed by atoms with van der Waals surface area (Å²) in [5.74, 6) is 2.01. The van der Waals surface area contributed by atoms with Gasteiger partial charge in [-0.1, -0.05) is 20.3 Å². The molecule has 86 valence electrons. The Kier molecular flexibility index (Phi) is 3.13. The first kappa shape index (κ1) is 11.0. The number of methoxy groups -OCH3 is 1. The van der Waals surface area contributed by atoms with E-state index in [4.69, 9.17) is 9.15 Å². The van der Waals surface area contributed by atoms with E-state index in [0.717, 1.165) is 35.6 Å². The van der Waals surface area contributed by atoms with Gasteiger partial charge >= 0.3 is 0 Å². The van der Waals surface area contributed by atoms with Crippen molar-refractivity contribution < 1.29 is 9.15 Å². The predicted molar refractivity (Wildman–Crippen MR) is 63.9 cm³/mol. The Morgan fingerprint density at radius 2 is 2.25 bits per heavy atom. The molecule has 0 bridgehead atoms. The van der Waals surface area contributed by atoms with E-state index in [-0.39, 0.29) is 0 Å². The first-order valence-electron chi connectivity index (χ1n) is 5.69. The lowest BCUT2D eigenvalue weighted by atomic mass is 10.1. The molecule has 0 saturated heterocycles. The van der Waals surface area contributed by atoms with Crippen LogP contribution in [-0.4, -0.2) is 12.1 Å². The van der Waals surface area contributed by atoms with Gasteiger partial charge in [-0.25, -0.2) is 4.98 Å². The second-order valence-electron chi connectivity index (χ2n) is 4.08. The monoisotopic (exact) mass is 219 g/mol. The van der Waals surface area contributed by atoms with Crippen molar-refractivity contribution in [2.45, 2.75) is 32.6 Å². The van der Waals surface area contributed by atoms with Crippen LogP contribution in [0.15, 0.2) is 22.6 Å². The maximum atomic E-state index is 5.73. The zero-order valence-electron chi connectivity index (χ0n) is 9.99. The van der Waals surface area contributed by atoms with E-state index in [1.54, 1.807) is 7.11 Å². The number of fused-ring (bicyclic) bond motifs is 1. The number of hydrogen-bond donors (Lipinski definition) is 0. The van der Waals surface area contributed by atoms with Gasteiger partial charge in [-0.05, 0) is 18.6 Å². The summed E-state index contributed by atoms with van der Waals surface area (Å²) in [5.41, 5.74) is 1.70. The lowest BCUT2D eigenvalue weighted by Gasteiger charge is -2.02. The molecular formula is C13H17NO2. The van der Waals surface area contributed by atoms with E-state index in [1.165, 1.54) is 0 Å². The first-order valence-corrected chi connectivity index (χ1v) is 5.69. The zero-order chi connectivity index (χ0) is 11.5. The third-order valence-corrected chi connectivity index (χ3v) is 2.76. The van der Waals surface area contributed by atoms with E-state index in [1.807, 2.05) is 18.2 Å². The molecule has 1 aromatic carbocycles. The summed E-state index contributed by atoms with van der Waals surface area (Å²) < 4.78 is 10.9. The van der Waals surface area contributed by atoms with Crippen molar-refractivity contribution in [1.29, 1.82) is 0 Å². The van der Waals surface area contributed by atoms with Crippen molar-refractivity contribution in [3.05, 3.63) is 24.1 Å². The average molecular weight is 219 g/mol. The molecule has 0 fully saturated rings. The summed E-state index contributed by atoms with van der Waals surface area (Å²) in [7, 11) is 1.65. The van der Waals surface area contributed by atoms with E-state index in [9.17, 15) is 0 Å². The fourth-order valence-corrected chi connectivity index (χ4v) is 1.82. The summed E-state index contributed by atoms with van der Waals surface area (Å²) in [6, 6.07) is 5.71. The lowest BCUT2D eigenvalue weighted by Crippen LogP contribution is -1.91. The Morgan fingerprint density at radius 1 is 1.44 bits per heavy atom. The van der Waals surface area contributed by atoms with Gasteiger partial charge in [-0.15, -0.1) is 0 Å². The fraction of sp³-hybridized carbons (Fsp3) is 0.462.